The van der Waals surface area contributed by atoms with Gasteiger partial charge in [0.05, 0.1) is 11.7 Å². The molecule has 2 saturated heterocycles. The molecule has 2 aliphatic carbocycles. The molecule has 3 aromatic rings. The molecule has 0 N–H and O–H groups in total. The molecule has 2 aliphatic heterocycles. The second-order valence-corrected chi connectivity index (χ2v) is 12.5. The molecular formula is C36H45N3O3. The zero-order chi connectivity index (χ0) is 28.5. The molecule has 2 aromatic carbocycles. The fraction of sp³-hybridized carbons (Fsp3) is 0.528. The molecule has 1 unspecified atom stereocenters. The number of hydrogen-bond acceptors (Lipinski definition) is 5. The van der Waals surface area contributed by atoms with Gasteiger partial charge in [-0.15, -0.1) is 0 Å². The molecule has 0 bridgehead atoms. The summed E-state index contributed by atoms with van der Waals surface area (Å²) in [5.41, 5.74) is 11.3. The van der Waals surface area contributed by atoms with Gasteiger partial charge in [-0.1, -0.05) is 24.3 Å². The first kappa shape index (κ1) is 27.9. The number of methoxy groups -OCH3 is 2. The highest BCUT2D eigenvalue weighted by atomic mass is 16.7. The van der Waals surface area contributed by atoms with E-state index in [1.807, 2.05) is 0 Å². The molecule has 4 aliphatic rings. The molecule has 222 valence electrons. The molecule has 6 heteroatoms. The van der Waals surface area contributed by atoms with E-state index in [4.69, 9.17) is 19.3 Å². The SMILES string of the molecule is COC(OC)C1CCN(c2ccc(C3=C(C4=CCCC4)CCCc4c3ccc3c4cnn3C3CCCCO3)cc2)CC1. The summed E-state index contributed by atoms with van der Waals surface area (Å²) in [5, 5.41) is 6.18. The van der Waals surface area contributed by atoms with Crippen molar-refractivity contribution < 1.29 is 14.2 Å². The fourth-order valence-electron chi connectivity index (χ4n) is 7.90. The van der Waals surface area contributed by atoms with Gasteiger partial charge >= 0.3 is 0 Å². The van der Waals surface area contributed by atoms with E-state index >= 15 is 0 Å². The molecule has 0 spiro atoms. The van der Waals surface area contributed by atoms with E-state index in [1.54, 1.807) is 25.4 Å². The molecule has 42 heavy (non-hydrogen) atoms. The maximum Gasteiger partial charge on any atom is 0.159 e. The second-order valence-electron chi connectivity index (χ2n) is 12.5. The average molecular weight is 568 g/mol. The predicted octanol–water partition coefficient (Wildman–Crippen LogP) is 7.82. The highest BCUT2D eigenvalue weighted by molar-refractivity contribution is 5.94. The lowest BCUT2D eigenvalue weighted by atomic mass is 9.86. The number of allylic oxidation sites excluding steroid dienone is 3. The zero-order valence-electron chi connectivity index (χ0n) is 25.3. The lowest BCUT2D eigenvalue weighted by Gasteiger charge is -2.36. The van der Waals surface area contributed by atoms with Crippen molar-refractivity contribution in [3.8, 4) is 0 Å². The van der Waals surface area contributed by atoms with Gasteiger partial charge < -0.3 is 19.1 Å². The first-order chi connectivity index (χ1) is 20.7. The molecule has 1 atom stereocenters. The smallest absolute Gasteiger partial charge is 0.159 e. The Hall–Kier alpha value is -2.93. The molecule has 7 rings (SSSR count). The second kappa shape index (κ2) is 12.4. The Morgan fingerprint density at radius 3 is 2.43 bits per heavy atom. The summed E-state index contributed by atoms with van der Waals surface area (Å²) in [4.78, 5) is 2.52. The third kappa shape index (κ3) is 5.23. The van der Waals surface area contributed by atoms with Crippen LogP contribution in [0.25, 0.3) is 16.5 Å². The van der Waals surface area contributed by atoms with Crippen LogP contribution in [0.1, 0.15) is 87.1 Å². The maximum absolute atomic E-state index is 6.13. The molecular weight excluding hydrogens is 522 g/mol. The van der Waals surface area contributed by atoms with Crippen LogP contribution in [0, 0.1) is 5.92 Å². The summed E-state index contributed by atoms with van der Waals surface area (Å²) in [6, 6.07) is 14.1. The van der Waals surface area contributed by atoms with Crippen molar-refractivity contribution in [2.75, 3.05) is 38.8 Å². The molecule has 0 saturated carbocycles. The van der Waals surface area contributed by atoms with Crippen molar-refractivity contribution in [1.82, 2.24) is 9.78 Å². The normalized spacial score (nSPS) is 22.1. The number of piperidine rings is 1. The molecule has 1 aromatic heterocycles. The van der Waals surface area contributed by atoms with Gasteiger partial charge in [0.15, 0.2) is 12.5 Å². The van der Waals surface area contributed by atoms with E-state index in [1.165, 1.54) is 71.0 Å². The van der Waals surface area contributed by atoms with Crippen LogP contribution in [0.5, 0.6) is 0 Å². The van der Waals surface area contributed by atoms with Crippen LogP contribution in [-0.2, 0) is 20.6 Å². The summed E-state index contributed by atoms with van der Waals surface area (Å²) in [6.45, 7) is 2.89. The van der Waals surface area contributed by atoms with Gasteiger partial charge in [-0.25, -0.2) is 4.68 Å². The van der Waals surface area contributed by atoms with E-state index in [-0.39, 0.29) is 12.5 Å². The minimum atomic E-state index is -0.103. The fourth-order valence-corrected chi connectivity index (χ4v) is 7.90. The minimum Gasteiger partial charge on any atom is -0.372 e. The van der Waals surface area contributed by atoms with Gasteiger partial charge in [-0.3, -0.25) is 0 Å². The van der Waals surface area contributed by atoms with Crippen LogP contribution in [-0.4, -0.2) is 50.0 Å². The van der Waals surface area contributed by atoms with Crippen LogP contribution in [0.2, 0.25) is 0 Å². The number of hydrogen-bond donors (Lipinski definition) is 0. The van der Waals surface area contributed by atoms with Gasteiger partial charge in [0, 0.05) is 50.9 Å². The summed E-state index contributed by atoms with van der Waals surface area (Å²) >= 11 is 0. The van der Waals surface area contributed by atoms with Crippen molar-refractivity contribution in [3.05, 3.63) is 76.5 Å². The number of rotatable bonds is 7. The summed E-state index contributed by atoms with van der Waals surface area (Å²) in [6.07, 6.45) is 17.2. The molecule has 0 amide bonds. The zero-order valence-corrected chi connectivity index (χ0v) is 25.3. The van der Waals surface area contributed by atoms with Crippen molar-refractivity contribution >= 4 is 22.2 Å². The van der Waals surface area contributed by atoms with Gasteiger partial charge in [-0.05, 0) is 122 Å². The van der Waals surface area contributed by atoms with E-state index in [0.29, 0.717) is 5.92 Å². The van der Waals surface area contributed by atoms with Crippen molar-refractivity contribution in [3.63, 3.8) is 0 Å². The quantitative estimate of drug-likeness (QED) is 0.273. The summed E-state index contributed by atoms with van der Waals surface area (Å²) in [7, 11) is 3.50. The Morgan fingerprint density at radius 2 is 1.71 bits per heavy atom. The Bertz CT molecular complexity index is 1450. The van der Waals surface area contributed by atoms with E-state index in [2.05, 4.69) is 58.3 Å². The van der Waals surface area contributed by atoms with Gasteiger partial charge in [-0.2, -0.15) is 5.10 Å². The topological polar surface area (TPSA) is 48.8 Å². The first-order valence-corrected chi connectivity index (χ1v) is 16.2. The predicted molar refractivity (Wildman–Crippen MR) is 169 cm³/mol. The molecule has 2 fully saturated rings. The number of ether oxygens (including phenoxy) is 3. The third-order valence-corrected chi connectivity index (χ3v) is 10.1. The standard InChI is InChI=1S/C36H45N3O3/c1-40-36(41-2)27-19-21-38(22-20-27)28-15-13-26(14-16-28)35-29(25-8-3-4-9-25)10-7-11-30-31(35)17-18-33-32(30)24-37-39(33)34-12-5-6-23-42-34/h8,13-18,24,27,34,36H,3-7,9-12,19-23H2,1-2H3. The average Bonchev–Trinajstić information content (AvgIpc) is 3.70. The lowest BCUT2D eigenvalue weighted by Crippen LogP contribution is -2.39. The van der Waals surface area contributed by atoms with Gasteiger partial charge in [0.25, 0.3) is 0 Å². The molecule has 6 nitrogen and oxygen atoms in total. The maximum atomic E-state index is 6.13. The summed E-state index contributed by atoms with van der Waals surface area (Å²) < 4.78 is 19.4. The van der Waals surface area contributed by atoms with Crippen molar-refractivity contribution in [2.45, 2.75) is 83.1 Å². The van der Waals surface area contributed by atoms with Gasteiger partial charge in [0.2, 0.25) is 0 Å². The minimum absolute atomic E-state index is 0.0572. The lowest BCUT2D eigenvalue weighted by molar-refractivity contribution is -0.141. The number of benzene rings is 2. The first-order valence-electron chi connectivity index (χ1n) is 16.2. The van der Waals surface area contributed by atoms with E-state index < -0.39 is 0 Å². The van der Waals surface area contributed by atoms with Crippen LogP contribution in [0.15, 0.2) is 59.8 Å². The third-order valence-electron chi connectivity index (χ3n) is 10.1. The largest absolute Gasteiger partial charge is 0.372 e. The van der Waals surface area contributed by atoms with Crippen molar-refractivity contribution in [2.24, 2.45) is 5.92 Å². The van der Waals surface area contributed by atoms with Crippen LogP contribution in [0.4, 0.5) is 5.69 Å². The van der Waals surface area contributed by atoms with Gasteiger partial charge in [0.1, 0.15) is 0 Å². The number of fused-ring (bicyclic) bond motifs is 3. The number of anilines is 1. The Balaban J connectivity index is 1.23. The van der Waals surface area contributed by atoms with Crippen LogP contribution in [0.3, 0.4) is 0 Å². The molecule has 3 heterocycles. The number of nitrogens with zero attached hydrogens (tertiary/aromatic N) is 3. The Kier molecular flexibility index (Phi) is 8.20. The van der Waals surface area contributed by atoms with E-state index in [0.717, 1.165) is 58.2 Å². The summed E-state index contributed by atoms with van der Waals surface area (Å²) in [5.74, 6) is 0.455. The number of aryl methyl sites for hydroxylation is 1. The monoisotopic (exact) mass is 567 g/mol. The van der Waals surface area contributed by atoms with Crippen LogP contribution >= 0.6 is 0 Å². The van der Waals surface area contributed by atoms with E-state index in [9.17, 15) is 0 Å². The molecule has 0 radical (unpaired) electrons. The Morgan fingerprint density at radius 1 is 0.881 bits per heavy atom. The highest BCUT2D eigenvalue weighted by Gasteiger charge is 2.28. The van der Waals surface area contributed by atoms with Crippen molar-refractivity contribution in [1.29, 1.82) is 0 Å². The van der Waals surface area contributed by atoms with Crippen LogP contribution < -0.4 is 4.90 Å². The number of aromatic nitrogens is 2. The highest BCUT2D eigenvalue weighted by Crippen LogP contribution is 2.43. The Labute approximate surface area is 250 Å².